The van der Waals surface area contributed by atoms with E-state index in [1.54, 1.807) is 17.1 Å². The molecule has 1 unspecified atom stereocenters. The number of fused-ring (bicyclic) bond motifs is 1. The van der Waals surface area contributed by atoms with E-state index in [0.717, 1.165) is 86.0 Å². The number of aromatic nitrogens is 6. The number of halogens is 4. The van der Waals surface area contributed by atoms with Crippen molar-refractivity contribution in [3.8, 4) is 22.7 Å². The number of hydrogen-bond donors (Lipinski definition) is 3. The van der Waals surface area contributed by atoms with Crippen molar-refractivity contribution in [2.45, 2.75) is 95.6 Å². The van der Waals surface area contributed by atoms with E-state index in [1.165, 1.54) is 12.3 Å². The molecule has 67 heavy (non-hydrogen) atoms. The Kier molecular flexibility index (Phi) is 11.9. The lowest BCUT2D eigenvalue weighted by atomic mass is 9.92. The van der Waals surface area contributed by atoms with Crippen LogP contribution in [0.4, 0.5) is 23.2 Å². The van der Waals surface area contributed by atoms with Crippen molar-refractivity contribution in [2.75, 3.05) is 31.1 Å². The molecule has 3 N–H and O–H groups in total. The quantitative estimate of drug-likeness (QED) is 0.116. The minimum atomic E-state index is -4.54. The molecule has 350 valence electrons. The number of likely N-dealkylation sites (tertiary alicyclic amines) is 1. The Bertz CT molecular complexity index is 2760. The number of anilines is 1. The van der Waals surface area contributed by atoms with Gasteiger partial charge in [0.1, 0.15) is 29.2 Å². The molecular formula is C46H47F4N11O6. The third-order valence-corrected chi connectivity index (χ3v) is 13.2. The minimum absolute atomic E-state index is 0.00104. The molecule has 3 saturated heterocycles. The van der Waals surface area contributed by atoms with Crippen LogP contribution in [-0.2, 0) is 21.5 Å². The first-order chi connectivity index (χ1) is 31.9. The van der Waals surface area contributed by atoms with E-state index in [1.807, 2.05) is 42.2 Å². The van der Waals surface area contributed by atoms with Crippen LogP contribution in [0, 0.1) is 12.7 Å². The van der Waals surface area contributed by atoms with Crippen molar-refractivity contribution in [3.05, 3.63) is 101 Å². The molecule has 3 fully saturated rings. The summed E-state index contributed by atoms with van der Waals surface area (Å²) in [4.78, 5) is 77.1. The molecule has 4 aliphatic rings. The molecule has 0 aliphatic carbocycles. The Morgan fingerprint density at radius 3 is 2.27 bits per heavy atom. The number of amides is 5. The largest absolute Gasteiger partial charge is 0.474 e. The number of carbonyl (C=O) groups excluding carboxylic acids is 5. The second-order valence-corrected chi connectivity index (χ2v) is 17.8. The number of carbonyl (C=O) groups is 5. The SMILES string of the molecule is Cc1cc(-c2ccc(OC3CCN(C4CCN(c5cc6c(cc5F)C(=O)N(C5CCC(=O)NC5=O)C6=O)CC4)CC3)nc2)ccc1-n1cc(C(=O)NCc2nc(C(C)(C)C(F)(F)F)n[nH]2)cn1. The highest BCUT2D eigenvalue weighted by atomic mass is 19.4. The Morgan fingerprint density at radius 1 is 0.881 bits per heavy atom. The monoisotopic (exact) mass is 925 g/mol. The molecule has 9 rings (SSSR count). The standard InChI is InChI=1S/C46H47F4N11O6/c1-25-18-26(4-6-34(25)60-24-28(22-53-60)40(63)52-23-37-54-44(57-56-37)45(2,3)46(48,49)50)27-5-9-39(51-21-27)67-30-12-16-58(17-13-30)29-10-14-59(15-11-29)36-20-32-31(19-33(36)47)42(65)61(43(32)66)35-7-8-38(62)55-41(35)64/h4-6,9,18-22,24,29-30,35H,7-8,10-17,23H2,1-3H3,(H,52,63)(H,54,56,57)(H,55,62,64). The maximum absolute atomic E-state index is 15.5. The summed E-state index contributed by atoms with van der Waals surface area (Å²) in [6, 6.07) is 11.3. The van der Waals surface area contributed by atoms with Gasteiger partial charge < -0.3 is 15.0 Å². The van der Waals surface area contributed by atoms with E-state index in [-0.39, 0.29) is 53.7 Å². The number of aryl methyl sites for hydroxylation is 1. The van der Waals surface area contributed by atoms with E-state index < -0.39 is 58.8 Å². The van der Waals surface area contributed by atoms with Crippen LogP contribution in [0.25, 0.3) is 16.8 Å². The first-order valence-electron chi connectivity index (χ1n) is 22.0. The predicted octanol–water partition coefficient (Wildman–Crippen LogP) is 5.18. The molecule has 21 heteroatoms. The topological polar surface area (TPSA) is 201 Å². The fourth-order valence-corrected chi connectivity index (χ4v) is 9.05. The molecule has 5 amide bonds. The fraction of sp³-hybridized carbons (Fsp3) is 0.413. The number of rotatable bonds is 11. The zero-order chi connectivity index (χ0) is 47.4. The van der Waals surface area contributed by atoms with Crippen LogP contribution >= 0.6 is 0 Å². The summed E-state index contributed by atoms with van der Waals surface area (Å²) in [5.41, 5.74) is 1.64. The zero-order valence-corrected chi connectivity index (χ0v) is 36.8. The van der Waals surface area contributed by atoms with Crippen molar-refractivity contribution < 1.29 is 46.3 Å². The summed E-state index contributed by atoms with van der Waals surface area (Å²) in [7, 11) is 0. The third-order valence-electron chi connectivity index (χ3n) is 13.2. The van der Waals surface area contributed by atoms with E-state index >= 15 is 4.39 Å². The molecule has 0 bridgehead atoms. The summed E-state index contributed by atoms with van der Waals surface area (Å²) >= 11 is 0. The predicted molar refractivity (Wildman–Crippen MR) is 232 cm³/mol. The van der Waals surface area contributed by atoms with Crippen molar-refractivity contribution in [1.29, 1.82) is 0 Å². The number of benzene rings is 2. The maximum Gasteiger partial charge on any atom is 0.401 e. The number of ether oxygens (including phenoxy) is 1. The van der Waals surface area contributed by atoms with Gasteiger partial charge in [-0.1, -0.05) is 6.07 Å². The normalized spacial score (nSPS) is 18.9. The van der Waals surface area contributed by atoms with Crippen molar-refractivity contribution in [3.63, 3.8) is 0 Å². The highest BCUT2D eigenvalue weighted by Gasteiger charge is 2.51. The number of aromatic amines is 1. The Balaban J connectivity index is 0.736. The van der Waals surface area contributed by atoms with Crippen LogP contribution < -0.4 is 20.3 Å². The summed E-state index contributed by atoms with van der Waals surface area (Å²) in [6.45, 7) is 6.53. The first kappa shape index (κ1) is 45.1. The molecular weight excluding hydrogens is 879 g/mol. The van der Waals surface area contributed by atoms with Crippen LogP contribution in [-0.4, -0.2) is 120 Å². The molecule has 7 heterocycles. The molecule has 4 aliphatic heterocycles. The van der Waals surface area contributed by atoms with Gasteiger partial charge in [0.2, 0.25) is 17.7 Å². The lowest BCUT2D eigenvalue weighted by Crippen LogP contribution is -2.54. The maximum atomic E-state index is 15.5. The molecule has 3 aromatic heterocycles. The fourth-order valence-electron chi connectivity index (χ4n) is 9.05. The van der Waals surface area contributed by atoms with Gasteiger partial charge in [0.15, 0.2) is 5.82 Å². The van der Waals surface area contributed by atoms with Crippen LogP contribution in [0.2, 0.25) is 0 Å². The summed E-state index contributed by atoms with van der Waals surface area (Å²) < 4.78 is 63.5. The lowest BCUT2D eigenvalue weighted by molar-refractivity contribution is -0.182. The van der Waals surface area contributed by atoms with Gasteiger partial charge in [-0.25, -0.2) is 19.0 Å². The van der Waals surface area contributed by atoms with Crippen molar-refractivity contribution in [2.24, 2.45) is 0 Å². The van der Waals surface area contributed by atoms with Crippen molar-refractivity contribution >= 4 is 35.2 Å². The number of nitrogens with zero attached hydrogens (tertiary/aromatic N) is 8. The van der Waals surface area contributed by atoms with Gasteiger partial charge in [-0.05, 0) is 94.3 Å². The molecule has 2 aromatic carbocycles. The Labute approximate surface area is 381 Å². The number of alkyl halides is 3. The number of hydrogen-bond acceptors (Lipinski definition) is 12. The van der Waals surface area contributed by atoms with E-state index in [4.69, 9.17) is 4.74 Å². The van der Waals surface area contributed by atoms with Crippen LogP contribution in [0.1, 0.15) is 101 Å². The smallest absolute Gasteiger partial charge is 0.401 e. The number of H-pyrrole nitrogens is 1. The average Bonchev–Trinajstić information content (AvgIpc) is 4.05. The van der Waals surface area contributed by atoms with Gasteiger partial charge in [0, 0.05) is 62.7 Å². The molecule has 17 nitrogen and oxygen atoms in total. The first-order valence-corrected chi connectivity index (χ1v) is 22.0. The van der Waals surface area contributed by atoms with Gasteiger partial charge >= 0.3 is 6.18 Å². The molecule has 0 spiro atoms. The number of imide groups is 2. The number of nitrogens with one attached hydrogen (secondary N) is 3. The highest BCUT2D eigenvalue weighted by molar-refractivity contribution is 6.23. The minimum Gasteiger partial charge on any atom is -0.474 e. The Morgan fingerprint density at radius 2 is 1.60 bits per heavy atom. The second kappa shape index (κ2) is 17.6. The van der Waals surface area contributed by atoms with Crippen LogP contribution in [0.15, 0.2) is 61.1 Å². The van der Waals surface area contributed by atoms with Gasteiger partial charge in [-0.15, -0.1) is 0 Å². The van der Waals surface area contributed by atoms with Crippen molar-refractivity contribution in [1.82, 2.24) is 50.4 Å². The van der Waals surface area contributed by atoms with Gasteiger partial charge in [-0.3, -0.25) is 44.2 Å². The molecule has 5 aromatic rings. The summed E-state index contributed by atoms with van der Waals surface area (Å²) in [5, 5.41) is 15.3. The summed E-state index contributed by atoms with van der Waals surface area (Å²) in [5.74, 6) is -3.48. The molecule has 1 atom stereocenters. The van der Waals surface area contributed by atoms with Gasteiger partial charge in [0.25, 0.3) is 17.7 Å². The molecule has 0 radical (unpaired) electrons. The second-order valence-electron chi connectivity index (χ2n) is 17.8. The highest BCUT2D eigenvalue weighted by Crippen LogP contribution is 2.39. The van der Waals surface area contributed by atoms with Gasteiger partial charge in [0.05, 0.1) is 40.8 Å². The number of pyridine rings is 1. The number of piperidine rings is 3. The average molecular weight is 926 g/mol. The van der Waals surface area contributed by atoms with E-state index in [9.17, 15) is 37.1 Å². The third kappa shape index (κ3) is 8.86. The van der Waals surface area contributed by atoms with E-state index in [0.29, 0.717) is 25.0 Å². The van der Waals surface area contributed by atoms with E-state index in [2.05, 4.69) is 40.8 Å². The zero-order valence-electron chi connectivity index (χ0n) is 36.8. The van der Waals surface area contributed by atoms with Gasteiger partial charge in [-0.2, -0.15) is 23.4 Å². The molecule has 0 saturated carbocycles. The summed E-state index contributed by atoms with van der Waals surface area (Å²) in [6.07, 6.45) is 3.39. The van der Waals surface area contributed by atoms with Crippen LogP contribution in [0.3, 0.4) is 0 Å². The lowest BCUT2D eigenvalue weighted by Gasteiger charge is -2.42. The van der Waals surface area contributed by atoms with Crippen LogP contribution in [0.5, 0.6) is 5.88 Å². The Hall–Kier alpha value is -7.03.